The summed E-state index contributed by atoms with van der Waals surface area (Å²) in [6.45, 7) is 3.82. The molecule has 1 aliphatic heterocycles. The van der Waals surface area contributed by atoms with Crippen LogP contribution in [0.1, 0.15) is 19.8 Å². The average Bonchev–Trinajstić information content (AvgIpc) is 2.27. The van der Waals surface area contributed by atoms with Gasteiger partial charge in [0.25, 0.3) is 0 Å². The molecule has 0 aromatic carbocycles. The second-order valence-corrected chi connectivity index (χ2v) is 3.82. The number of rotatable bonds is 4. The smallest absolute Gasteiger partial charge is 0.127 e. The maximum absolute atomic E-state index is 8.90. The summed E-state index contributed by atoms with van der Waals surface area (Å²) in [7, 11) is 1.77. The van der Waals surface area contributed by atoms with Crippen LogP contribution in [0, 0.1) is 11.3 Å². The number of nitriles is 1. The summed E-state index contributed by atoms with van der Waals surface area (Å²) in [5.74, 6) is 0. The van der Waals surface area contributed by atoms with E-state index in [1.165, 1.54) is 0 Å². The molecule has 0 aliphatic carbocycles. The van der Waals surface area contributed by atoms with E-state index in [-0.39, 0.29) is 6.10 Å². The zero-order chi connectivity index (χ0) is 10.4. The summed E-state index contributed by atoms with van der Waals surface area (Å²) in [4.78, 5) is 0. The van der Waals surface area contributed by atoms with Crippen molar-refractivity contribution in [3.63, 3.8) is 0 Å². The van der Waals surface area contributed by atoms with Crippen LogP contribution in [-0.4, -0.2) is 38.5 Å². The van der Waals surface area contributed by atoms with Crippen molar-refractivity contribution in [1.29, 1.82) is 5.26 Å². The molecule has 0 spiro atoms. The summed E-state index contributed by atoms with van der Waals surface area (Å²) in [6, 6.07) is 2.20. The topological polar surface area (TPSA) is 54.3 Å². The predicted molar refractivity (Wildman–Crippen MR) is 52.9 cm³/mol. The highest BCUT2D eigenvalue weighted by Gasteiger charge is 2.24. The minimum absolute atomic E-state index is 0.254. The second kappa shape index (κ2) is 5.30. The zero-order valence-corrected chi connectivity index (χ0v) is 8.88. The molecule has 80 valence electrons. The molecule has 1 unspecified atom stereocenters. The first kappa shape index (κ1) is 11.4. The molecule has 4 heteroatoms. The monoisotopic (exact) mass is 198 g/mol. The highest BCUT2D eigenvalue weighted by atomic mass is 16.5. The first-order valence-corrected chi connectivity index (χ1v) is 5.00. The summed E-state index contributed by atoms with van der Waals surface area (Å²) >= 11 is 0. The third kappa shape index (κ3) is 3.26. The lowest BCUT2D eigenvalue weighted by molar-refractivity contribution is -0.0426. The van der Waals surface area contributed by atoms with Crippen molar-refractivity contribution in [3.8, 4) is 6.07 Å². The molecule has 14 heavy (non-hydrogen) atoms. The normalized spacial score (nSPS) is 22.6. The van der Waals surface area contributed by atoms with Gasteiger partial charge in [-0.15, -0.1) is 0 Å². The van der Waals surface area contributed by atoms with Gasteiger partial charge in [0.05, 0.1) is 18.8 Å². The number of nitrogens with one attached hydrogen (secondary N) is 1. The molecular formula is C10H18N2O2. The van der Waals surface area contributed by atoms with Gasteiger partial charge in [0.2, 0.25) is 0 Å². The number of nitrogens with zero attached hydrogens (tertiary/aromatic N) is 1. The summed E-state index contributed by atoms with van der Waals surface area (Å²) in [6.07, 6.45) is 2.13. The lowest BCUT2D eigenvalue weighted by atomic mass is 10.1. The summed E-state index contributed by atoms with van der Waals surface area (Å²) in [5.41, 5.74) is -0.571. The molecule has 1 rings (SSSR count). The lowest BCUT2D eigenvalue weighted by Crippen LogP contribution is -2.44. The SMILES string of the molecule is CNC(C)(C#N)COC1CCOCC1. The van der Waals surface area contributed by atoms with Crippen LogP contribution < -0.4 is 5.32 Å². The molecule has 0 amide bonds. The first-order chi connectivity index (χ1) is 6.70. The van der Waals surface area contributed by atoms with E-state index < -0.39 is 5.54 Å². The average molecular weight is 198 g/mol. The van der Waals surface area contributed by atoms with Crippen LogP contribution in [0.15, 0.2) is 0 Å². The van der Waals surface area contributed by atoms with Gasteiger partial charge >= 0.3 is 0 Å². The van der Waals surface area contributed by atoms with E-state index in [1.807, 2.05) is 6.92 Å². The molecule has 1 N–H and O–H groups in total. The third-order valence-electron chi connectivity index (χ3n) is 2.57. The number of hydrogen-bond donors (Lipinski definition) is 1. The highest BCUT2D eigenvalue weighted by Crippen LogP contribution is 2.13. The van der Waals surface area contributed by atoms with Gasteiger partial charge in [-0.25, -0.2) is 0 Å². The molecule has 1 atom stereocenters. The van der Waals surface area contributed by atoms with Crippen molar-refractivity contribution in [2.45, 2.75) is 31.4 Å². The molecule has 0 aromatic rings. The zero-order valence-electron chi connectivity index (χ0n) is 8.88. The van der Waals surface area contributed by atoms with E-state index in [0.717, 1.165) is 26.1 Å². The van der Waals surface area contributed by atoms with Gasteiger partial charge in [-0.1, -0.05) is 0 Å². The van der Waals surface area contributed by atoms with Gasteiger partial charge in [0.15, 0.2) is 0 Å². The van der Waals surface area contributed by atoms with Gasteiger partial charge in [-0.3, -0.25) is 0 Å². The van der Waals surface area contributed by atoms with Crippen LogP contribution in [0.25, 0.3) is 0 Å². The Bertz CT molecular complexity index is 209. The molecule has 0 saturated carbocycles. The minimum atomic E-state index is -0.571. The van der Waals surface area contributed by atoms with E-state index in [4.69, 9.17) is 14.7 Å². The van der Waals surface area contributed by atoms with Crippen LogP contribution >= 0.6 is 0 Å². The molecule has 0 radical (unpaired) electrons. The Labute approximate surface area is 85.2 Å². The Balaban J connectivity index is 2.28. The van der Waals surface area contributed by atoms with Gasteiger partial charge in [0.1, 0.15) is 5.54 Å². The van der Waals surface area contributed by atoms with Crippen LogP contribution in [0.2, 0.25) is 0 Å². The van der Waals surface area contributed by atoms with Gasteiger partial charge in [-0.2, -0.15) is 5.26 Å². The Kier molecular flexibility index (Phi) is 4.33. The third-order valence-corrected chi connectivity index (χ3v) is 2.57. The van der Waals surface area contributed by atoms with Crippen molar-refractivity contribution < 1.29 is 9.47 Å². The van der Waals surface area contributed by atoms with Crippen LogP contribution in [0.3, 0.4) is 0 Å². The molecule has 1 saturated heterocycles. The quantitative estimate of drug-likeness (QED) is 0.722. The van der Waals surface area contributed by atoms with Crippen LogP contribution in [-0.2, 0) is 9.47 Å². The minimum Gasteiger partial charge on any atom is -0.381 e. The maximum atomic E-state index is 8.90. The fourth-order valence-corrected chi connectivity index (χ4v) is 1.29. The van der Waals surface area contributed by atoms with Gasteiger partial charge in [-0.05, 0) is 26.8 Å². The number of hydrogen-bond acceptors (Lipinski definition) is 4. The van der Waals surface area contributed by atoms with Crippen molar-refractivity contribution in [3.05, 3.63) is 0 Å². The fraction of sp³-hybridized carbons (Fsp3) is 0.900. The van der Waals surface area contributed by atoms with Crippen molar-refractivity contribution in [2.75, 3.05) is 26.9 Å². The molecule has 0 aromatic heterocycles. The van der Waals surface area contributed by atoms with Crippen LogP contribution in [0.5, 0.6) is 0 Å². The Morgan fingerprint density at radius 3 is 2.71 bits per heavy atom. The predicted octanol–water partition coefficient (Wildman–Crippen LogP) is 0.684. The Morgan fingerprint density at radius 1 is 1.57 bits per heavy atom. The highest BCUT2D eigenvalue weighted by molar-refractivity contribution is 5.03. The van der Waals surface area contributed by atoms with Crippen molar-refractivity contribution in [2.24, 2.45) is 0 Å². The fourth-order valence-electron chi connectivity index (χ4n) is 1.29. The van der Waals surface area contributed by atoms with E-state index in [0.29, 0.717) is 6.61 Å². The van der Waals surface area contributed by atoms with Gasteiger partial charge < -0.3 is 14.8 Å². The molecule has 1 aliphatic rings. The van der Waals surface area contributed by atoms with Crippen LogP contribution in [0.4, 0.5) is 0 Å². The second-order valence-electron chi connectivity index (χ2n) is 3.82. The Morgan fingerprint density at radius 2 is 2.21 bits per heavy atom. The number of ether oxygens (including phenoxy) is 2. The Hall–Kier alpha value is -0.630. The molecular weight excluding hydrogens is 180 g/mol. The van der Waals surface area contributed by atoms with Crippen molar-refractivity contribution in [1.82, 2.24) is 5.32 Å². The molecule has 0 bridgehead atoms. The van der Waals surface area contributed by atoms with Gasteiger partial charge in [0, 0.05) is 13.2 Å². The maximum Gasteiger partial charge on any atom is 0.127 e. The standard InChI is InChI=1S/C10H18N2O2/c1-10(7-11,12-2)8-14-9-3-5-13-6-4-9/h9,12H,3-6,8H2,1-2H3. The van der Waals surface area contributed by atoms with E-state index >= 15 is 0 Å². The molecule has 1 fully saturated rings. The van der Waals surface area contributed by atoms with E-state index in [2.05, 4.69) is 11.4 Å². The molecule has 1 heterocycles. The molecule has 4 nitrogen and oxygen atoms in total. The van der Waals surface area contributed by atoms with E-state index in [9.17, 15) is 0 Å². The summed E-state index contributed by atoms with van der Waals surface area (Å²) in [5, 5.41) is 11.8. The largest absolute Gasteiger partial charge is 0.381 e. The summed E-state index contributed by atoms with van der Waals surface area (Å²) < 4.78 is 10.9. The van der Waals surface area contributed by atoms with E-state index in [1.54, 1.807) is 7.05 Å². The lowest BCUT2D eigenvalue weighted by Gasteiger charge is -2.27. The van der Waals surface area contributed by atoms with Crippen molar-refractivity contribution >= 4 is 0 Å². The number of likely N-dealkylation sites (N-methyl/N-ethyl adjacent to an activating group) is 1. The first-order valence-electron chi connectivity index (χ1n) is 5.00.